The summed E-state index contributed by atoms with van der Waals surface area (Å²) in [5, 5.41) is 8.44. The number of aliphatic imine (C=N–C) groups is 2. The summed E-state index contributed by atoms with van der Waals surface area (Å²) in [6.45, 7) is 6.21. The van der Waals surface area contributed by atoms with E-state index in [2.05, 4.69) is 41.6 Å². The molecule has 0 spiro atoms. The molecule has 3 atom stereocenters. The van der Waals surface area contributed by atoms with Crippen LogP contribution in [0.5, 0.6) is 0 Å². The fourth-order valence-electron chi connectivity index (χ4n) is 4.82. The van der Waals surface area contributed by atoms with Crippen LogP contribution in [0.25, 0.3) is 17.3 Å². The van der Waals surface area contributed by atoms with Crippen LogP contribution >= 0.6 is 0 Å². The van der Waals surface area contributed by atoms with Gasteiger partial charge in [0, 0.05) is 0 Å². The highest BCUT2D eigenvalue weighted by atomic mass is 16.1. The van der Waals surface area contributed by atoms with E-state index in [0.29, 0.717) is 5.82 Å². The summed E-state index contributed by atoms with van der Waals surface area (Å²) in [7, 11) is 0. The number of nitrogens with one attached hydrogen (secondary N) is 2. The van der Waals surface area contributed by atoms with Crippen LogP contribution in [-0.4, -0.2) is 27.4 Å². The second kappa shape index (κ2) is 7.98. The van der Waals surface area contributed by atoms with Crippen molar-refractivity contribution in [3.05, 3.63) is 69.4 Å². The molecule has 3 heterocycles. The smallest absolute Gasteiger partial charge is 0.265 e. The van der Waals surface area contributed by atoms with Gasteiger partial charge in [-0.3, -0.25) is 19.7 Å². The van der Waals surface area contributed by atoms with E-state index in [-0.39, 0.29) is 17.5 Å². The SMILES string of the molecule is CCC(NC1(C)N=CN=C2NC=CC21)c1nc2c(c(=O)n1-c1ccccc1)=C(C)CCC=2. The van der Waals surface area contributed by atoms with Crippen molar-refractivity contribution in [2.24, 2.45) is 15.9 Å². The van der Waals surface area contributed by atoms with Gasteiger partial charge >= 0.3 is 0 Å². The minimum atomic E-state index is -0.599. The van der Waals surface area contributed by atoms with Gasteiger partial charge in [-0.15, -0.1) is 0 Å². The number of amidine groups is 1. The third-order valence-electron chi connectivity index (χ3n) is 6.56. The van der Waals surface area contributed by atoms with E-state index in [4.69, 9.17) is 9.98 Å². The van der Waals surface area contributed by atoms with Crippen LogP contribution in [-0.2, 0) is 0 Å². The van der Waals surface area contributed by atoms with Gasteiger partial charge in [0.2, 0.25) is 0 Å². The Balaban J connectivity index is 1.69. The molecule has 32 heavy (non-hydrogen) atoms. The quantitative estimate of drug-likeness (QED) is 0.762. The lowest BCUT2D eigenvalue weighted by Crippen LogP contribution is -2.55. The average molecular weight is 429 g/mol. The van der Waals surface area contributed by atoms with Crippen LogP contribution < -0.4 is 26.8 Å². The number of aromatic nitrogens is 2. The summed E-state index contributed by atoms with van der Waals surface area (Å²) in [6.07, 6.45) is 10.2. The van der Waals surface area contributed by atoms with Crippen molar-refractivity contribution in [2.75, 3.05) is 0 Å². The van der Waals surface area contributed by atoms with Crippen LogP contribution in [0.15, 0.2) is 57.4 Å². The highest BCUT2D eigenvalue weighted by molar-refractivity contribution is 5.97. The van der Waals surface area contributed by atoms with Gasteiger partial charge in [0.05, 0.1) is 28.2 Å². The molecule has 2 aromatic rings. The third-order valence-corrected chi connectivity index (χ3v) is 6.56. The molecule has 0 bridgehead atoms. The first-order valence-corrected chi connectivity index (χ1v) is 11.2. The van der Waals surface area contributed by atoms with E-state index < -0.39 is 5.66 Å². The van der Waals surface area contributed by atoms with E-state index in [1.807, 2.05) is 43.5 Å². The molecule has 7 heteroatoms. The molecule has 0 fully saturated rings. The van der Waals surface area contributed by atoms with Gasteiger partial charge < -0.3 is 5.32 Å². The van der Waals surface area contributed by atoms with Gasteiger partial charge in [0.25, 0.3) is 5.56 Å². The molecule has 0 saturated carbocycles. The van der Waals surface area contributed by atoms with Gasteiger partial charge in [-0.25, -0.2) is 9.98 Å². The molecule has 0 amide bonds. The molecule has 1 aliphatic carbocycles. The first kappa shape index (κ1) is 20.6. The number of para-hydroxylation sites is 1. The molecule has 2 aliphatic heterocycles. The van der Waals surface area contributed by atoms with Crippen LogP contribution in [0.3, 0.4) is 0 Å². The van der Waals surface area contributed by atoms with Crippen molar-refractivity contribution >= 4 is 23.8 Å². The lowest BCUT2D eigenvalue weighted by atomic mass is 9.92. The predicted molar refractivity (Wildman–Crippen MR) is 128 cm³/mol. The first-order valence-electron chi connectivity index (χ1n) is 11.2. The number of fused-ring (bicyclic) bond motifs is 2. The third kappa shape index (κ3) is 3.33. The number of nitrogens with zero attached hydrogens (tertiary/aromatic N) is 4. The second-order valence-electron chi connectivity index (χ2n) is 8.72. The molecule has 0 saturated heterocycles. The van der Waals surface area contributed by atoms with Crippen LogP contribution in [0.4, 0.5) is 0 Å². The molecule has 2 N–H and O–H groups in total. The highest BCUT2D eigenvalue weighted by Crippen LogP contribution is 2.30. The molecule has 1 aromatic carbocycles. The summed E-state index contributed by atoms with van der Waals surface area (Å²) in [6, 6.07) is 9.60. The topological polar surface area (TPSA) is 83.7 Å². The zero-order chi connectivity index (χ0) is 22.3. The Hall–Kier alpha value is -3.32. The fraction of sp³-hybridized carbons (Fsp3) is 0.360. The number of benzene rings is 1. The van der Waals surface area contributed by atoms with Crippen LogP contribution in [0.2, 0.25) is 0 Å². The van der Waals surface area contributed by atoms with Gasteiger partial charge in [-0.05, 0) is 51.4 Å². The summed E-state index contributed by atoms with van der Waals surface area (Å²) >= 11 is 0. The van der Waals surface area contributed by atoms with E-state index in [9.17, 15) is 4.79 Å². The number of hydrogen-bond acceptors (Lipinski definition) is 6. The lowest BCUT2D eigenvalue weighted by Gasteiger charge is -2.37. The number of hydrogen-bond donors (Lipinski definition) is 2. The van der Waals surface area contributed by atoms with Crippen molar-refractivity contribution in [3.63, 3.8) is 0 Å². The minimum absolute atomic E-state index is 0.00165. The molecule has 0 radical (unpaired) electrons. The van der Waals surface area contributed by atoms with Crippen LogP contribution in [0, 0.1) is 5.92 Å². The Morgan fingerprint density at radius 3 is 2.91 bits per heavy atom. The van der Waals surface area contributed by atoms with E-state index >= 15 is 0 Å². The largest absolute Gasteiger partial charge is 0.350 e. The molecule has 3 unspecified atom stereocenters. The van der Waals surface area contributed by atoms with Gasteiger partial charge in [-0.2, -0.15) is 0 Å². The zero-order valence-corrected chi connectivity index (χ0v) is 18.7. The molecular weight excluding hydrogens is 400 g/mol. The van der Waals surface area contributed by atoms with Crippen molar-refractivity contribution < 1.29 is 0 Å². The van der Waals surface area contributed by atoms with E-state index in [1.165, 1.54) is 0 Å². The summed E-state index contributed by atoms with van der Waals surface area (Å²) < 4.78 is 1.77. The second-order valence-corrected chi connectivity index (χ2v) is 8.72. The fourth-order valence-corrected chi connectivity index (χ4v) is 4.82. The maximum atomic E-state index is 13.8. The van der Waals surface area contributed by atoms with E-state index in [0.717, 1.165) is 46.9 Å². The normalized spacial score (nSPS) is 24.3. The Morgan fingerprint density at radius 1 is 1.31 bits per heavy atom. The molecule has 3 aliphatic rings. The summed E-state index contributed by atoms with van der Waals surface area (Å²) in [5.74, 6) is 1.59. The van der Waals surface area contributed by atoms with Crippen molar-refractivity contribution in [3.8, 4) is 5.69 Å². The monoisotopic (exact) mass is 428 g/mol. The maximum absolute atomic E-state index is 13.8. The average Bonchev–Trinajstić information content (AvgIpc) is 3.29. The summed E-state index contributed by atoms with van der Waals surface area (Å²) in [5.41, 5.74) is 1.32. The van der Waals surface area contributed by atoms with E-state index in [1.54, 1.807) is 10.9 Å². The Kier molecular flexibility index (Phi) is 5.13. The van der Waals surface area contributed by atoms with Crippen molar-refractivity contribution in [2.45, 2.75) is 51.7 Å². The van der Waals surface area contributed by atoms with Crippen molar-refractivity contribution in [1.29, 1.82) is 0 Å². The maximum Gasteiger partial charge on any atom is 0.265 e. The first-order chi connectivity index (χ1) is 15.5. The number of rotatable bonds is 5. The molecule has 164 valence electrons. The Labute approximate surface area is 187 Å². The molecule has 1 aromatic heterocycles. The highest BCUT2D eigenvalue weighted by Gasteiger charge is 2.41. The summed E-state index contributed by atoms with van der Waals surface area (Å²) in [4.78, 5) is 27.9. The Bertz CT molecular complexity index is 1320. The molecular formula is C25H28N6O. The standard InChI is InChI=1S/C25H28N6O/c1-4-19(30-25(3)18-13-14-26-22(18)27-15-28-25)23-29-20-12-8-9-16(2)21(20)24(32)31(23)17-10-6-5-7-11-17/h5-7,10-15,18-19,30H,4,8-9H2,1-3H3,(H,26,27,28). The molecule has 5 rings (SSSR count). The van der Waals surface area contributed by atoms with Crippen molar-refractivity contribution in [1.82, 2.24) is 20.2 Å². The van der Waals surface area contributed by atoms with Gasteiger partial charge in [0.15, 0.2) is 0 Å². The van der Waals surface area contributed by atoms with Gasteiger partial charge in [-0.1, -0.05) is 42.8 Å². The Morgan fingerprint density at radius 2 is 2.12 bits per heavy atom. The molecule has 7 nitrogen and oxygen atoms in total. The lowest BCUT2D eigenvalue weighted by molar-refractivity contribution is 0.276. The predicted octanol–water partition coefficient (Wildman–Crippen LogP) is 1.91. The minimum Gasteiger partial charge on any atom is -0.350 e. The van der Waals surface area contributed by atoms with Crippen LogP contribution in [0.1, 0.15) is 51.9 Å². The van der Waals surface area contributed by atoms with Gasteiger partial charge in [0.1, 0.15) is 23.7 Å². The zero-order valence-electron chi connectivity index (χ0n) is 18.7.